The zero-order valence-corrected chi connectivity index (χ0v) is 39.5. The minimum absolute atomic E-state index is 0.0115. The van der Waals surface area contributed by atoms with E-state index in [1.165, 1.54) is 11.0 Å². The summed E-state index contributed by atoms with van der Waals surface area (Å²) in [5.41, 5.74) is -0.347. The van der Waals surface area contributed by atoms with Crippen molar-refractivity contribution in [2.24, 2.45) is 11.3 Å². The highest BCUT2D eigenvalue weighted by molar-refractivity contribution is 7.91. The molecule has 3 fully saturated rings. The molecule has 352 valence electrons. The first kappa shape index (κ1) is 47.9. The van der Waals surface area contributed by atoms with Gasteiger partial charge in [0.2, 0.25) is 21.8 Å². The van der Waals surface area contributed by atoms with E-state index in [2.05, 4.69) is 21.9 Å². The van der Waals surface area contributed by atoms with Gasteiger partial charge in [-0.15, -0.1) is 6.58 Å². The molecule has 0 unspecified atom stereocenters. The Bertz CT molecular complexity index is 2570. The quantitative estimate of drug-likeness (QED) is 0.0742. The molecule has 1 aromatic heterocycles. The second kappa shape index (κ2) is 18.7. The molecule has 5 atom stereocenters. The Kier molecular flexibility index (Phi) is 13.6. The number of pyridine rings is 1. The van der Waals surface area contributed by atoms with Crippen molar-refractivity contribution < 1.29 is 46.5 Å². The van der Waals surface area contributed by atoms with Gasteiger partial charge in [0, 0.05) is 42.0 Å². The van der Waals surface area contributed by atoms with Crippen molar-refractivity contribution in [1.29, 1.82) is 0 Å². The number of hydrogen-bond acceptors (Lipinski definition) is 11. The first-order valence-electron chi connectivity index (χ1n) is 22.3. The number of ether oxygens (including phenoxy) is 4. The van der Waals surface area contributed by atoms with E-state index < -0.39 is 79.2 Å². The minimum Gasteiger partial charge on any atom is -0.497 e. The van der Waals surface area contributed by atoms with Gasteiger partial charge in [0.25, 0.3) is 5.91 Å². The van der Waals surface area contributed by atoms with Gasteiger partial charge in [-0.25, -0.2) is 18.2 Å². The Balaban J connectivity index is 1.15. The highest BCUT2D eigenvalue weighted by Gasteiger charge is 2.63. The summed E-state index contributed by atoms with van der Waals surface area (Å²) in [4.78, 5) is 63.3. The number of amides is 4. The van der Waals surface area contributed by atoms with E-state index in [-0.39, 0.29) is 32.4 Å². The van der Waals surface area contributed by atoms with Gasteiger partial charge in [-0.05, 0) is 69.6 Å². The van der Waals surface area contributed by atoms with Crippen LogP contribution >= 0.6 is 0 Å². The summed E-state index contributed by atoms with van der Waals surface area (Å²) in [7, 11) is -2.64. The van der Waals surface area contributed by atoms with E-state index in [1.807, 2.05) is 72.8 Å². The number of nitrogens with zero attached hydrogens (tertiary/aromatic N) is 2. The molecular formula is C50H61N5O10S. The van der Waals surface area contributed by atoms with Gasteiger partial charge in [0.1, 0.15) is 40.8 Å². The lowest BCUT2D eigenvalue weighted by atomic mass is 9.85. The maximum absolute atomic E-state index is 14.9. The maximum Gasteiger partial charge on any atom is 0.408 e. The van der Waals surface area contributed by atoms with Gasteiger partial charge >= 0.3 is 6.09 Å². The molecule has 0 bridgehead atoms. The number of rotatable bonds is 17. The van der Waals surface area contributed by atoms with Crippen molar-refractivity contribution in [3.63, 3.8) is 0 Å². The number of sulfonamides is 1. The summed E-state index contributed by atoms with van der Waals surface area (Å²) in [5.74, 6) is -1.69. The molecule has 0 spiro atoms. The molecule has 3 aromatic carbocycles. The van der Waals surface area contributed by atoms with E-state index in [1.54, 1.807) is 60.8 Å². The molecule has 4 aromatic rings. The Morgan fingerprint density at radius 3 is 2.24 bits per heavy atom. The lowest BCUT2D eigenvalue weighted by Gasteiger charge is -2.36. The number of aromatic nitrogens is 1. The monoisotopic (exact) mass is 923 g/mol. The van der Waals surface area contributed by atoms with E-state index in [0.29, 0.717) is 47.5 Å². The van der Waals surface area contributed by atoms with Crippen molar-refractivity contribution in [2.45, 2.75) is 114 Å². The van der Waals surface area contributed by atoms with Crippen LogP contribution in [0.5, 0.6) is 11.5 Å². The lowest BCUT2D eigenvalue weighted by molar-refractivity contribution is -0.143. The van der Waals surface area contributed by atoms with Crippen molar-refractivity contribution in [2.75, 3.05) is 20.3 Å². The minimum atomic E-state index is -4.20. The van der Waals surface area contributed by atoms with Crippen LogP contribution in [0.25, 0.3) is 22.2 Å². The van der Waals surface area contributed by atoms with E-state index in [0.717, 1.165) is 11.1 Å². The second-order valence-electron chi connectivity index (χ2n) is 19.6. The van der Waals surface area contributed by atoms with Crippen LogP contribution in [0.4, 0.5) is 4.79 Å². The van der Waals surface area contributed by atoms with Crippen LogP contribution in [0, 0.1) is 11.3 Å². The third-order valence-electron chi connectivity index (χ3n) is 12.4. The number of methoxy groups -OCH3 is 1. The Morgan fingerprint density at radius 2 is 1.64 bits per heavy atom. The van der Waals surface area contributed by atoms with E-state index >= 15 is 0 Å². The molecule has 1 saturated heterocycles. The summed E-state index contributed by atoms with van der Waals surface area (Å²) in [6, 6.07) is 24.0. The molecule has 3 aliphatic rings. The Labute approximate surface area is 387 Å². The van der Waals surface area contributed by atoms with Crippen molar-refractivity contribution in [3.8, 4) is 22.8 Å². The second-order valence-corrected chi connectivity index (χ2v) is 21.7. The normalized spacial score (nSPS) is 21.6. The summed E-state index contributed by atoms with van der Waals surface area (Å²) < 4.78 is 52.5. The average Bonchev–Trinajstić information content (AvgIpc) is 4.18. The summed E-state index contributed by atoms with van der Waals surface area (Å²) in [5, 5.41) is 6.28. The number of likely N-dealkylation sites (tertiary alicyclic amines) is 1. The molecule has 4 amide bonds. The molecule has 2 heterocycles. The number of alkyl carbamates (subject to hydrolysis) is 1. The Morgan fingerprint density at radius 1 is 0.955 bits per heavy atom. The lowest BCUT2D eigenvalue weighted by Crippen LogP contribution is -2.60. The van der Waals surface area contributed by atoms with Gasteiger partial charge in [0.15, 0.2) is 0 Å². The van der Waals surface area contributed by atoms with Gasteiger partial charge in [-0.1, -0.05) is 87.5 Å². The van der Waals surface area contributed by atoms with Crippen LogP contribution in [0.1, 0.15) is 79.2 Å². The number of fused-ring (bicyclic) bond motifs is 1. The first-order valence-corrected chi connectivity index (χ1v) is 23.8. The van der Waals surface area contributed by atoms with Crippen LogP contribution in [0.3, 0.4) is 0 Å². The van der Waals surface area contributed by atoms with Crippen LogP contribution in [0.2, 0.25) is 0 Å². The topological polar surface area (TPSA) is 192 Å². The predicted octanol–water partition coefficient (Wildman–Crippen LogP) is 6.84. The SMILES string of the molecule is C=C[C@@H]1C[C@]1(NC(=O)[C@@H]1C[C@@H](Oc2cc(-c3ccccc3)nc3cc(OC)ccc23)CN1C(=O)[C@@H](NC(=O)OC(C)(C)C)C(C)(C)C)C(=O)NS(=O)(=O)C1(CCOCc2ccccc2)CC1. The summed E-state index contributed by atoms with van der Waals surface area (Å²) in [6.07, 6.45) is 0.918. The number of carbonyl (C=O) groups excluding carboxylic acids is 4. The maximum atomic E-state index is 14.9. The molecule has 7 rings (SSSR count). The standard InChI is InChI=1S/C50H61N5O10S/c1-9-34-29-50(34,45(58)54-66(60,61)49(22-23-49)24-25-63-31-32-16-12-10-13-17-32)53-43(56)40-27-36(30-55(40)44(57)42(47(2,3)4)52-46(59)65-48(5,6)7)64-41-28-38(33-18-14-11-15-19-33)51-39-26-35(62-8)20-21-37(39)41/h9-21,26,28,34,36,40,42H,1,22-25,27,29-31H2,2-8H3,(H,52,59)(H,53,56)(H,54,58)/t34-,36-,40+,42-,50-/m1/s1. The van der Waals surface area contributed by atoms with Gasteiger partial charge in [-0.2, -0.15) is 0 Å². The summed E-state index contributed by atoms with van der Waals surface area (Å²) >= 11 is 0. The fourth-order valence-electron chi connectivity index (χ4n) is 8.43. The smallest absolute Gasteiger partial charge is 0.408 e. The average molecular weight is 924 g/mol. The molecule has 66 heavy (non-hydrogen) atoms. The fourth-order valence-corrected chi connectivity index (χ4v) is 10.1. The third-order valence-corrected chi connectivity index (χ3v) is 14.6. The van der Waals surface area contributed by atoms with E-state index in [9.17, 15) is 27.6 Å². The fraction of sp³-hybridized carbons (Fsp3) is 0.460. The summed E-state index contributed by atoms with van der Waals surface area (Å²) in [6.45, 7) is 14.8. The molecule has 2 aliphatic carbocycles. The first-order chi connectivity index (χ1) is 31.2. The Hall–Kier alpha value is -6.00. The van der Waals surface area contributed by atoms with Gasteiger partial charge in [0.05, 0.1) is 36.2 Å². The van der Waals surface area contributed by atoms with Gasteiger partial charge in [-0.3, -0.25) is 19.1 Å². The number of benzene rings is 3. The molecule has 0 radical (unpaired) electrons. The third kappa shape index (κ3) is 10.7. The highest BCUT2D eigenvalue weighted by Crippen LogP contribution is 2.49. The zero-order chi connectivity index (χ0) is 47.7. The van der Waals surface area contributed by atoms with Crippen LogP contribution in [-0.4, -0.2) is 96.5 Å². The number of hydrogen-bond donors (Lipinski definition) is 3. The van der Waals surface area contributed by atoms with E-state index in [4.69, 9.17) is 23.9 Å². The zero-order valence-electron chi connectivity index (χ0n) is 38.7. The van der Waals surface area contributed by atoms with Crippen LogP contribution < -0.4 is 24.8 Å². The molecule has 3 N–H and O–H groups in total. The molecular weight excluding hydrogens is 863 g/mol. The van der Waals surface area contributed by atoms with Crippen LogP contribution in [-0.2, 0) is 40.5 Å². The van der Waals surface area contributed by atoms with Crippen molar-refractivity contribution in [1.82, 2.24) is 25.2 Å². The largest absolute Gasteiger partial charge is 0.497 e. The van der Waals surface area contributed by atoms with Crippen LogP contribution in [0.15, 0.2) is 97.6 Å². The molecule has 16 heteroatoms. The van der Waals surface area contributed by atoms with Gasteiger partial charge < -0.3 is 34.5 Å². The highest BCUT2D eigenvalue weighted by atomic mass is 32.2. The van der Waals surface area contributed by atoms with Crippen molar-refractivity contribution >= 4 is 44.7 Å². The van der Waals surface area contributed by atoms with Crippen molar-refractivity contribution in [3.05, 3.63) is 103 Å². The number of carbonyl (C=O) groups is 4. The molecule has 1 aliphatic heterocycles. The molecule has 15 nitrogen and oxygen atoms in total. The molecule has 2 saturated carbocycles. The predicted molar refractivity (Wildman–Crippen MR) is 250 cm³/mol. The number of nitrogens with one attached hydrogen (secondary N) is 3.